The molecule has 1 aromatic heterocycles. The molecule has 8 heteroatoms. The van der Waals surface area contributed by atoms with E-state index in [0.29, 0.717) is 35.3 Å². The van der Waals surface area contributed by atoms with Crippen LogP contribution >= 0.6 is 11.6 Å². The maximum atomic E-state index is 13.4. The van der Waals surface area contributed by atoms with Crippen LogP contribution in [-0.2, 0) is 17.9 Å². The van der Waals surface area contributed by atoms with E-state index >= 15 is 0 Å². The van der Waals surface area contributed by atoms with Crippen LogP contribution in [-0.4, -0.2) is 43.6 Å². The number of nitrogens with one attached hydrogen (secondary N) is 1. The molecule has 1 aliphatic heterocycles. The van der Waals surface area contributed by atoms with Gasteiger partial charge < -0.3 is 14.8 Å². The lowest BCUT2D eigenvalue weighted by Crippen LogP contribution is -2.49. The number of nitrogens with zero attached hydrogens (tertiary/aromatic N) is 4. The third-order valence-corrected chi connectivity index (χ3v) is 6.39. The van der Waals surface area contributed by atoms with Crippen molar-refractivity contribution < 1.29 is 9.59 Å². The number of hydrogen-bond acceptors (Lipinski definition) is 4. The van der Waals surface area contributed by atoms with Gasteiger partial charge in [-0.2, -0.15) is 0 Å². The third kappa shape index (κ3) is 4.01. The van der Waals surface area contributed by atoms with Crippen LogP contribution in [0.1, 0.15) is 55.2 Å². The van der Waals surface area contributed by atoms with Crippen molar-refractivity contribution in [2.75, 3.05) is 0 Å². The zero-order valence-electron chi connectivity index (χ0n) is 16.6. The van der Waals surface area contributed by atoms with Crippen molar-refractivity contribution in [2.45, 2.75) is 64.2 Å². The van der Waals surface area contributed by atoms with E-state index in [4.69, 9.17) is 11.6 Å². The van der Waals surface area contributed by atoms with Gasteiger partial charge in [-0.1, -0.05) is 30.5 Å². The summed E-state index contributed by atoms with van der Waals surface area (Å²) < 4.78 is 1.89. The van der Waals surface area contributed by atoms with E-state index < -0.39 is 6.04 Å². The monoisotopic (exact) mass is 415 g/mol. The van der Waals surface area contributed by atoms with Gasteiger partial charge in [0.25, 0.3) is 5.91 Å². The molecule has 0 radical (unpaired) electrons. The fourth-order valence-corrected chi connectivity index (χ4v) is 4.91. The van der Waals surface area contributed by atoms with Gasteiger partial charge in [0.1, 0.15) is 12.4 Å². The molecule has 1 N–H and O–H groups in total. The highest BCUT2D eigenvalue weighted by molar-refractivity contribution is 6.31. The standard InChI is InChI=1S/C21H26ClN5O2/c1-2-26-13-24-25-19(26)12-23-20(28)18-11-14-6-3-4-9-17(14)27(18)21(29)15-7-5-8-16(22)10-15/h5,7-8,10,13-14,17-18H,2-4,6,9,11-12H2,1H3,(H,23,28)/t14-,17+,18-/m0/s1. The minimum atomic E-state index is -0.465. The Bertz CT molecular complexity index is 899. The molecule has 1 saturated heterocycles. The molecule has 7 nitrogen and oxygen atoms in total. The number of carbonyl (C=O) groups is 2. The van der Waals surface area contributed by atoms with Gasteiger partial charge in [0, 0.05) is 23.2 Å². The lowest BCUT2D eigenvalue weighted by Gasteiger charge is -2.33. The van der Waals surface area contributed by atoms with Crippen LogP contribution in [0.2, 0.25) is 5.02 Å². The van der Waals surface area contributed by atoms with Crippen molar-refractivity contribution in [3.63, 3.8) is 0 Å². The fraction of sp³-hybridized carbons (Fsp3) is 0.524. The molecule has 0 unspecified atom stereocenters. The van der Waals surface area contributed by atoms with Crippen molar-refractivity contribution in [2.24, 2.45) is 5.92 Å². The molecule has 0 spiro atoms. The second-order valence-electron chi connectivity index (χ2n) is 7.84. The molecule has 2 amide bonds. The van der Waals surface area contributed by atoms with Crippen LogP contribution in [0.4, 0.5) is 0 Å². The van der Waals surface area contributed by atoms with Crippen molar-refractivity contribution in [1.29, 1.82) is 0 Å². The Balaban J connectivity index is 1.54. The molecule has 3 atom stereocenters. The van der Waals surface area contributed by atoms with Crippen LogP contribution in [0.15, 0.2) is 30.6 Å². The topological polar surface area (TPSA) is 80.1 Å². The van der Waals surface area contributed by atoms with Gasteiger partial charge in [-0.3, -0.25) is 9.59 Å². The molecule has 2 heterocycles. The number of aryl methyl sites for hydroxylation is 1. The Morgan fingerprint density at radius 3 is 2.90 bits per heavy atom. The Morgan fingerprint density at radius 2 is 2.10 bits per heavy atom. The van der Waals surface area contributed by atoms with E-state index in [-0.39, 0.29) is 17.9 Å². The van der Waals surface area contributed by atoms with E-state index in [1.807, 2.05) is 16.4 Å². The average molecular weight is 416 g/mol. The normalized spacial score (nSPS) is 23.7. The number of rotatable bonds is 5. The van der Waals surface area contributed by atoms with Gasteiger partial charge in [0.2, 0.25) is 5.91 Å². The number of fused-ring (bicyclic) bond motifs is 1. The van der Waals surface area contributed by atoms with E-state index in [9.17, 15) is 9.59 Å². The lowest BCUT2D eigenvalue weighted by atomic mass is 9.84. The Kier molecular flexibility index (Phi) is 5.85. The zero-order chi connectivity index (χ0) is 20.4. The fourth-order valence-electron chi connectivity index (χ4n) is 4.72. The molecule has 4 rings (SSSR count). The predicted molar refractivity (Wildman–Crippen MR) is 109 cm³/mol. The number of amides is 2. The lowest BCUT2D eigenvalue weighted by molar-refractivity contribution is -0.125. The number of likely N-dealkylation sites (tertiary alicyclic amines) is 1. The van der Waals surface area contributed by atoms with E-state index in [1.165, 1.54) is 0 Å². The van der Waals surface area contributed by atoms with Gasteiger partial charge in [-0.15, -0.1) is 10.2 Å². The number of carbonyl (C=O) groups excluding carboxylic acids is 2. The first-order valence-corrected chi connectivity index (χ1v) is 10.7. The summed E-state index contributed by atoms with van der Waals surface area (Å²) in [5.74, 6) is 0.852. The molecule has 2 aliphatic rings. The summed E-state index contributed by atoms with van der Waals surface area (Å²) in [6.07, 6.45) is 6.63. The molecule has 1 aromatic carbocycles. The predicted octanol–water partition coefficient (Wildman–Crippen LogP) is 3.04. The van der Waals surface area contributed by atoms with Crippen LogP contribution in [0, 0.1) is 5.92 Å². The largest absolute Gasteiger partial charge is 0.347 e. The summed E-state index contributed by atoms with van der Waals surface area (Å²) in [7, 11) is 0. The second-order valence-corrected chi connectivity index (χ2v) is 8.27. The van der Waals surface area contributed by atoms with Gasteiger partial charge in [-0.05, 0) is 50.3 Å². The highest BCUT2D eigenvalue weighted by Crippen LogP contribution is 2.40. The molecule has 154 valence electrons. The quantitative estimate of drug-likeness (QED) is 0.813. The van der Waals surface area contributed by atoms with Crippen molar-refractivity contribution in [1.82, 2.24) is 25.0 Å². The number of hydrogen-bond donors (Lipinski definition) is 1. The summed E-state index contributed by atoms with van der Waals surface area (Å²) in [6, 6.07) is 6.62. The van der Waals surface area contributed by atoms with E-state index in [2.05, 4.69) is 15.5 Å². The Morgan fingerprint density at radius 1 is 1.28 bits per heavy atom. The number of aromatic nitrogens is 3. The summed E-state index contributed by atoms with van der Waals surface area (Å²) in [5, 5.41) is 11.5. The third-order valence-electron chi connectivity index (χ3n) is 6.15. The van der Waals surface area contributed by atoms with Gasteiger partial charge >= 0.3 is 0 Å². The molecule has 1 aliphatic carbocycles. The Hall–Kier alpha value is -2.41. The molecule has 29 heavy (non-hydrogen) atoms. The number of benzene rings is 1. The first kappa shape index (κ1) is 19.9. The maximum Gasteiger partial charge on any atom is 0.254 e. The minimum Gasteiger partial charge on any atom is -0.347 e. The summed E-state index contributed by atoms with van der Waals surface area (Å²) in [5.41, 5.74) is 0.534. The molecule has 0 bridgehead atoms. The van der Waals surface area contributed by atoms with E-state index in [1.54, 1.807) is 30.6 Å². The smallest absolute Gasteiger partial charge is 0.254 e. The van der Waals surface area contributed by atoms with Crippen molar-refractivity contribution in [3.05, 3.63) is 47.0 Å². The average Bonchev–Trinajstić information content (AvgIpc) is 3.35. The number of halogens is 1. The first-order valence-electron chi connectivity index (χ1n) is 10.3. The minimum absolute atomic E-state index is 0.112. The van der Waals surface area contributed by atoms with Crippen LogP contribution in [0.3, 0.4) is 0 Å². The zero-order valence-corrected chi connectivity index (χ0v) is 17.3. The van der Waals surface area contributed by atoms with Gasteiger partial charge in [0.15, 0.2) is 5.82 Å². The van der Waals surface area contributed by atoms with Crippen LogP contribution in [0.25, 0.3) is 0 Å². The van der Waals surface area contributed by atoms with E-state index in [0.717, 1.165) is 32.2 Å². The summed E-state index contributed by atoms with van der Waals surface area (Å²) >= 11 is 6.10. The first-order chi connectivity index (χ1) is 14.1. The van der Waals surface area contributed by atoms with Crippen molar-refractivity contribution in [3.8, 4) is 0 Å². The van der Waals surface area contributed by atoms with Crippen LogP contribution in [0.5, 0.6) is 0 Å². The second kappa shape index (κ2) is 8.53. The SMILES string of the molecule is CCn1cnnc1CNC(=O)[C@@H]1C[C@@H]2CCCC[C@H]2N1C(=O)c1cccc(Cl)c1. The maximum absolute atomic E-state index is 13.4. The molecule has 2 fully saturated rings. The highest BCUT2D eigenvalue weighted by Gasteiger charge is 2.47. The van der Waals surface area contributed by atoms with Crippen LogP contribution < -0.4 is 5.32 Å². The molecule has 2 aromatic rings. The van der Waals surface area contributed by atoms with Gasteiger partial charge in [0.05, 0.1) is 6.54 Å². The summed E-state index contributed by atoms with van der Waals surface area (Å²) in [6.45, 7) is 3.05. The molecular formula is C21H26ClN5O2. The van der Waals surface area contributed by atoms with Gasteiger partial charge in [-0.25, -0.2) is 0 Å². The molecular weight excluding hydrogens is 390 g/mol. The molecule has 1 saturated carbocycles. The summed E-state index contributed by atoms with van der Waals surface area (Å²) in [4.78, 5) is 28.3. The Labute approximate surface area is 175 Å². The highest BCUT2D eigenvalue weighted by atomic mass is 35.5. The van der Waals surface area contributed by atoms with Crippen molar-refractivity contribution >= 4 is 23.4 Å².